The van der Waals surface area contributed by atoms with Crippen LogP contribution >= 0.6 is 24.0 Å². The maximum atomic E-state index is 5.85. The third-order valence-corrected chi connectivity index (χ3v) is 5.35. The van der Waals surface area contributed by atoms with E-state index in [0.717, 1.165) is 44.3 Å². The largest absolute Gasteiger partial charge is 0.443 e. The molecule has 29 heavy (non-hydrogen) atoms. The third-order valence-electron chi connectivity index (χ3n) is 5.35. The van der Waals surface area contributed by atoms with Gasteiger partial charge in [-0.15, -0.1) is 24.0 Å². The SMILES string of the molecule is CN=C(NCc1ncc(C(C)(C)C)o1)NCC1(c2ccccc2)CCOCC1.I. The Labute approximate surface area is 190 Å². The van der Waals surface area contributed by atoms with Crippen molar-refractivity contribution in [2.75, 3.05) is 26.8 Å². The fourth-order valence-corrected chi connectivity index (χ4v) is 3.49. The Kier molecular flexibility index (Phi) is 8.51. The van der Waals surface area contributed by atoms with Gasteiger partial charge in [0, 0.05) is 37.6 Å². The molecule has 3 rings (SSSR count). The van der Waals surface area contributed by atoms with E-state index in [1.54, 1.807) is 13.2 Å². The first-order valence-electron chi connectivity index (χ1n) is 9.96. The van der Waals surface area contributed by atoms with E-state index in [9.17, 15) is 0 Å². The van der Waals surface area contributed by atoms with Crippen LogP contribution in [-0.4, -0.2) is 37.7 Å². The number of hydrogen-bond acceptors (Lipinski definition) is 4. The Morgan fingerprint density at radius 2 is 1.83 bits per heavy atom. The van der Waals surface area contributed by atoms with Gasteiger partial charge in [0.1, 0.15) is 5.76 Å². The number of nitrogens with zero attached hydrogens (tertiary/aromatic N) is 2. The molecule has 0 radical (unpaired) electrons. The monoisotopic (exact) mass is 512 g/mol. The molecule has 2 heterocycles. The van der Waals surface area contributed by atoms with Crippen LogP contribution in [0.5, 0.6) is 0 Å². The molecule has 0 bridgehead atoms. The number of rotatable bonds is 5. The van der Waals surface area contributed by atoms with Crippen LogP contribution in [0.4, 0.5) is 0 Å². The van der Waals surface area contributed by atoms with Crippen LogP contribution in [0.2, 0.25) is 0 Å². The highest BCUT2D eigenvalue weighted by molar-refractivity contribution is 14.0. The van der Waals surface area contributed by atoms with Gasteiger partial charge in [0.2, 0.25) is 5.89 Å². The minimum Gasteiger partial charge on any atom is -0.443 e. The third kappa shape index (κ3) is 6.18. The summed E-state index contributed by atoms with van der Waals surface area (Å²) in [6.07, 6.45) is 3.80. The second-order valence-corrected chi connectivity index (χ2v) is 8.41. The van der Waals surface area contributed by atoms with E-state index in [-0.39, 0.29) is 34.8 Å². The van der Waals surface area contributed by atoms with Crippen molar-refractivity contribution in [1.29, 1.82) is 0 Å². The molecule has 7 heteroatoms. The molecule has 0 unspecified atom stereocenters. The van der Waals surface area contributed by atoms with Crippen LogP contribution in [0.3, 0.4) is 0 Å². The summed E-state index contributed by atoms with van der Waals surface area (Å²) in [7, 11) is 1.78. The van der Waals surface area contributed by atoms with Gasteiger partial charge in [-0.2, -0.15) is 0 Å². The van der Waals surface area contributed by atoms with Crippen molar-refractivity contribution in [1.82, 2.24) is 15.6 Å². The molecule has 0 atom stereocenters. The lowest BCUT2D eigenvalue weighted by Gasteiger charge is -2.38. The highest BCUT2D eigenvalue weighted by Crippen LogP contribution is 2.34. The summed E-state index contributed by atoms with van der Waals surface area (Å²) in [5.41, 5.74) is 1.36. The van der Waals surface area contributed by atoms with Crippen molar-refractivity contribution >= 4 is 29.9 Å². The minimum absolute atomic E-state index is 0. The fourth-order valence-electron chi connectivity index (χ4n) is 3.49. The molecule has 0 spiro atoms. The first kappa shape index (κ1) is 23.7. The molecule has 1 aromatic carbocycles. The van der Waals surface area contributed by atoms with Gasteiger partial charge in [-0.05, 0) is 18.4 Å². The number of halogens is 1. The molecule has 2 N–H and O–H groups in total. The molecular weight excluding hydrogens is 479 g/mol. The molecule has 0 aliphatic carbocycles. The van der Waals surface area contributed by atoms with Gasteiger partial charge in [-0.25, -0.2) is 4.98 Å². The Hall–Kier alpha value is -1.61. The molecule has 1 aliphatic heterocycles. The van der Waals surface area contributed by atoms with Crippen LogP contribution in [0, 0.1) is 0 Å². The van der Waals surface area contributed by atoms with E-state index in [2.05, 4.69) is 71.7 Å². The average Bonchev–Trinajstić information content (AvgIpc) is 3.19. The lowest BCUT2D eigenvalue weighted by Crippen LogP contribution is -2.47. The topological polar surface area (TPSA) is 71.7 Å². The van der Waals surface area contributed by atoms with Crippen LogP contribution in [0.15, 0.2) is 45.9 Å². The van der Waals surface area contributed by atoms with Gasteiger partial charge in [0.15, 0.2) is 5.96 Å². The molecule has 1 aromatic heterocycles. The van der Waals surface area contributed by atoms with Crippen LogP contribution in [-0.2, 0) is 22.1 Å². The highest BCUT2D eigenvalue weighted by atomic mass is 127. The minimum atomic E-state index is -0.0453. The predicted octanol–water partition coefficient (Wildman–Crippen LogP) is 4.00. The van der Waals surface area contributed by atoms with Crippen molar-refractivity contribution in [2.45, 2.75) is 51.0 Å². The number of guanidine groups is 1. The summed E-state index contributed by atoms with van der Waals surface area (Å²) in [5.74, 6) is 2.30. The number of ether oxygens (including phenoxy) is 1. The lowest BCUT2D eigenvalue weighted by molar-refractivity contribution is 0.0514. The number of nitrogens with one attached hydrogen (secondary N) is 2. The molecule has 1 aliphatic rings. The molecule has 160 valence electrons. The van der Waals surface area contributed by atoms with Gasteiger partial charge < -0.3 is 19.8 Å². The maximum absolute atomic E-state index is 5.85. The zero-order valence-corrected chi connectivity index (χ0v) is 20.2. The van der Waals surface area contributed by atoms with Crippen LogP contribution in [0.25, 0.3) is 0 Å². The van der Waals surface area contributed by atoms with Gasteiger partial charge in [0.25, 0.3) is 0 Å². The number of hydrogen-bond donors (Lipinski definition) is 2. The van der Waals surface area contributed by atoms with Crippen molar-refractivity contribution in [2.24, 2.45) is 4.99 Å². The van der Waals surface area contributed by atoms with Crippen LogP contribution in [0.1, 0.15) is 50.8 Å². The number of benzene rings is 1. The number of aromatic nitrogens is 1. The normalized spacial score (nSPS) is 16.8. The fraction of sp³-hybridized carbons (Fsp3) is 0.545. The van der Waals surface area contributed by atoms with E-state index in [4.69, 9.17) is 9.15 Å². The standard InChI is InChI=1S/C22H32N4O2.HI/c1-21(2,3)18-14-24-19(28-18)15-25-20(23-4)26-16-22(10-12-27-13-11-22)17-8-6-5-7-9-17;/h5-9,14H,10-13,15-16H2,1-4H3,(H2,23,25,26);1H. The predicted molar refractivity (Wildman–Crippen MR) is 127 cm³/mol. The van der Waals surface area contributed by atoms with Gasteiger partial charge in [-0.1, -0.05) is 51.1 Å². The lowest BCUT2D eigenvalue weighted by atomic mass is 9.74. The second kappa shape index (κ2) is 10.4. The quantitative estimate of drug-likeness (QED) is 0.360. The molecule has 0 amide bonds. The van der Waals surface area contributed by atoms with Gasteiger partial charge in [0.05, 0.1) is 12.7 Å². The summed E-state index contributed by atoms with van der Waals surface area (Å²) in [4.78, 5) is 8.73. The van der Waals surface area contributed by atoms with E-state index in [1.165, 1.54) is 5.56 Å². The molecule has 0 saturated carbocycles. The van der Waals surface area contributed by atoms with Gasteiger partial charge >= 0.3 is 0 Å². The smallest absolute Gasteiger partial charge is 0.213 e. The van der Waals surface area contributed by atoms with E-state index >= 15 is 0 Å². The summed E-state index contributed by atoms with van der Waals surface area (Å²) in [5, 5.41) is 6.81. The van der Waals surface area contributed by atoms with E-state index < -0.39 is 0 Å². The number of oxazole rings is 1. The molecule has 6 nitrogen and oxygen atoms in total. The zero-order valence-electron chi connectivity index (χ0n) is 17.8. The average molecular weight is 512 g/mol. The van der Waals surface area contributed by atoms with E-state index in [0.29, 0.717) is 12.4 Å². The number of aliphatic imine (C=N–C) groups is 1. The van der Waals surface area contributed by atoms with Crippen molar-refractivity contribution in [3.05, 3.63) is 53.7 Å². The summed E-state index contributed by atoms with van der Waals surface area (Å²) < 4.78 is 11.5. The maximum Gasteiger partial charge on any atom is 0.213 e. The Morgan fingerprint density at radius 3 is 2.41 bits per heavy atom. The molecule has 1 fully saturated rings. The summed E-state index contributed by atoms with van der Waals surface area (Å²) in [6, 6.07) is 10.7. The van der Waals surface area contributed by atoms with Crippen molar-refractivity contribution in [3.8, 4) is 0 Å². The Bertz CT molecular complexity index is 778. The summed E-state index contributed by atoms with van der Waals surface area (Å²) >= 11 is 0. The molecule has 1 saturated heterocycles. The highest BCUT2D eigenvalue weighted by Gasteiger charge is 2.34. The Balaban J connectivity index is 0.00000300. The molecular formula is C22H33IN4O2. The summed E-state index contributed by atoms with van der Waals surface area (Å²) in [6.45, 7) is 9.21. The first-order valence-corrected chi connectivity index (χ1v) is 9.96. The zero-order chi connectivity index (χ0) is 20.0. The van der Waals surface area contributed by atoms with Gasteiger partial charge in [-0.3, -0.25) is 4.99 Å². The Morgan fingerprint density at radius 1 is 1.14 bits per heavy atom. The van der Waals surface area contributed by atoms with Crippen molar-refractivity contribution < 1.29 is 9.15 Å². The first-order chi connectivity index (χ1) is 13.4. The molecule has 2 aromatic rings. The van der Waals surface area contributed by atoms with Crippen molar-refractivity contribution in [3.63, 3.8) is 0 Å². The van der Waals surface area contributed by atoms with E-state index in [1.807, 2.05) is 0 Å². The van der Waals surface area contributed by atoms with Crippen LogP contribution < -0.4 is 10.6 Å². The second-order valence-electron chi connectivity index (χ2n) is 8.41.